The average Bonchev–Trinajstić information content (AvgIpc) is 3.86. The number of pyridine rings is 1. The third kappa shape index (κ3) is 5.52. The summed E-state index contributed by atoms with van der Waals surface area (Å²) in [6, 6.07) is 70.0. The summed E-state index contributed by atoms with van der Waals surface area (Å²) in [6.45, 7) is 0. The molecule has 12 aromatic rings. The first-order valence-corrected chi connectivity index (χ1v) is 20.3. The van der Waals surface area contributed by atoms with E-state index in [1.165, 1.54) is 0 Å². The zero-order chi connectivity index (χ0) is 40.4. The molecule has 0 amide bonds. The van der Waals surface area contributed by atoms with Crippen LogP contribution in [0.1, 0.15) is 0 Å². The Kier molecular flexibility index (Phi) is 7.86. The first kappa shape index (κ1) is 34.6. The standard InChI is InChI=1S/C54H34N6O/c61-53-49-44-34-38(30-32-48(44)58(39-21-9-3-10-22-39)50(49)42-26-14-16-28-46(42)59(53)40-23-11-4-12-24-40)37-29-31-47-43(33-37)41-25-13-15-27-45(41)60(47)54-56-51(35-17-5-1-6-18-35)55-52(57-54)36-19-7-2-8-20-36/h1-34H. The summed E-state index contributed by atoms with van der Waals surface area (Å²) in [7, 11) is 0. The lowest BCUT2D eigenvalue weighted by Gasteiger charge is -2.14. The fourth-order valence-corrected chi connectivity index (χ4v) is 8.98. The lowest BCUT2D eigenvalue weighted by molar-refractivity contribution is 0.953. The van der Waals surface area contributed by atoms with Crippen LogP contribution in [0.5, 0.6) is 0 Å². The van der Waals surface area contributed by atoms with E-state index in [2.05, 4.69) is 88.0 Å². The molecule has 4 heterocycles. The Hall–Kier alpha value is -8.42. The average molecular weight is 783 g/mol. The SMILES string of the molecule is O=c1c2c3cc(-c4ccc5c(c4)c4ccccc4n5-c4nc(-c5ccccc5)nc(-c5ccccc5)n4)ccc3n(-c3ccccc3)c2c2ccccc2n1-c1ccccc1. The van der Waals surface area contributed by atoms with E-state index in [4.69, 9.17) is 15.0 Å². The Labute approximate surface area is 349 Å². The Balaban J connectivity index is 1.10. The van der Waals surface area contributed by atoms with Crippen LogP contribution in [-0.2, 0) is 0 Å². The maximum Gasteiger partial charge on any atom is 0.265 e. The van der Waals surface area contributed by atoms with Gasteiger partial charge >= 0.3 is 0 Å². The Bertz CT molecular complexity index is 3650. The summed E-state index contributed by atoms with van der Waals surface area (Å²) in [6.07, 6.45) is 0. The molecule has 286 valence electrons. The van der Waals surface area contributed by atoms with Crippen LogP contribution in [0.2, 0.25) is 0 Å². The van der Waals surface area contributed by atoms with Gasteiger partial charge in [0.05, 0.1) is 33.0 Å². The molecule has 61 heavy (non-hydrogen) atoms. The molecule has 12 rings (SSSR count). The quantitative estimate of drug-likeness (QED) is 0.168. The van der Waals surface area contributed by atoms with Crippen molar-refractivity contribution in [2.24, 2.45) is 0 Å². The van der Waals surface area contributed by atoms with Crippen LogP contribution in [0.4, 0.5) is 0 Å². The van der Waals surface area contributed by atoms with E-state index >= 15 is 4.79 Å². The van der Waals surface area contributed by atoms with Crippen molar-refractivity contribution in [1.29, 1.82) is 0 Å². The van der Waals surface area contributed by atoms with Gasteiger partial charge in [-0.3, -0.25) is 13.9 Å². The van der Waals surface area contributed by atoms with Crippen LogP contribution in [-0.4, -0.2) is 28.7 Å². The normalized spacial score (nSPS) is 11.7. The van der Waals surface area contributed by atoms with Crippen LogP contribution < -0.4 is 5.56 Å². The number of para-hydroxylation sites is 4. The van der Waals surface area contributed by atoms with Gasteiger partial charge in [0.25, 0.3) is 5.56 Å². The van der Waals surface area contributed by atoms with Crippen LogP contribution >= 0.6 is 0 Å². The number of hydrogen-bond donors (Lipinski definition) is 0. The van der Waals surface area contributed by atoms with Crippen LogP contribution in [0.3, 0.4) is 0 Å². The molecule has 0 saturated heterocycles. The number of benzene rings is 8. The van der Waals surface area contributed by atoms with E-state index in [9.17, 15) is 0 Å². The Morgan fingerprint density at radius 2 is 0.770 bits per heavy atom. The lowest BCUT2D eigenvalue weighted by atomic mass is 10.0. The van der Waals surface area contributed by atoms with E-state index in [0.29, 0.717) is 23.0 Å². The van der Waals surface area contributed by atoms with Gasteiger partial charge < -0.3 is 4.57 Å². The molecule has 0 atom stereocenters. The highest BCUT2D eigenvalue weighted by Crippen LogP contribution is 2.39. The monoisotopic (exact) mass is 782 g/mol. The number of nitrogens with zero attached hydrogens (tertiary/aromatic N) is 6. The molecule has 0 unspecified atom stereocenters. The second kappa shape index (κ2) is 13.9. The van der Waals surface area contributed by atoms with E-state index in [-0.39, 0.29) is 5.56 Å². The van der Waals surface area contributed by atoms with Gasteiger partial charge in [0.1, 0.15) is 0 Å². The Morgan fingerprint density at radius 3 is 1.36 bits per heavy atom. The van der Waals surface area contributed by atoms with Gasteiger partial charge in [-0.25, -0.2) is 4.98 Å². The van der Waals surface area contributed by atoms with Crippen molar-refractivity contribution in [1.82, 2.24) is 28.7 Å². The highest BCUT2D eigenvalue weighted by molar-refractivity contribution is 6.19. The summed E-state index contributed by atoms with van der Waals surface area (Å²) >= 11 is 0. The fourth-order valence-electron chi connectivity index (χ4n) is 8.98. The van der Waals surface area contributed by atoms with Crippen molar-refractivity contribution in [2.45, 2.75) is 0 Å². The first-order chi connectivity index (χ1) is 30.2. The molecular weight excluding hydrogens is 749 g/mol. The van der Waals surface area contributed by atoms with Crippen LogP contribution in [0.25, 0.3) is 106 Å². The molecule has 0 fully saturated rings. The van der Waals surface area contributed by atoms with Crippen molar-refractivity contribution >= 4 is 54.5 Å². The number of aromatic nitrogens is 6. The van der Waals surface area contributed by atoms with E-state index in [1.807, 2.05) is 132 Å². The molecular formula is C54H34N6O. The predicted molar refractivity (Wildman–Crippen MR) is 248 cm³/mol. The summed E-state index contributed by atoms with van der Waals surface area (Å²) < 4.78 is 6.24. The molecule has 7 nitrogen and oxygen atoms in total. The third-order valence-electron chi connectivity index (χ3n) is 11.7. The molecule has 0 aliphatic carbocycles. The molecule has 0 bridgehead atoms. The highest BCUT2D eigenvalue weighted by atomic mass is 16.1. The fraction of sp³-hybridized carbons (Fsp3) is 0. The maximum absolute atomic E-state index is 15.1. The van der Waals surface area contributed by atoms with E-state index in [0.717, 1.165) is 82.8 Å². The van der Waals surface area contributed by atoms with Gasteiger partial charge in [0.15, 0.2) is 11.6 Å². The molecule has 0 aliphatic rings. The van der Waals surface area contributed by atoms with Crippen molar-refractivity contribution in [2.75, 3.05) is 0 Å². The molecule has 0 aliphatic heterocycles. The van der Waals surface area contributed by atoms with Gasteiger partial charge in [-0.1, -0.05) is 146 Å². The summed E-state index contributed by atoms with van der Waals surface area (Å²) in [5.41, 5.74) is 10.3. The van der Waals surface area contributed by atoms with Crippen molar-refractivity contribution < 1.29 is 0 Å². The minimum atomic E-state index is -0.0580. The molecule has 0 spiro atoms. The van der Waals surface area contributed by atoms with Gasteiger partial charge in [-0.15, -0.1) is 0 Å². The predicted octanol–water partition coefficient (Wildman–Crippen LogP) is 12.4. The van der Waals surface area contributed by atoms with Gasteiger partial charge in [-0.05, 0) is 71.8 Å². The molecule has 0 saturated carbocycles. The third-order valence-corrected chi connectivity index (χ3v) is 11.7. The van der Waals surface area contributed by atoms with Crippen molar-refractivity contribution in [3.05, 3.63) is 217 Å². The zero-order valence-corrected chi connectivity index (χ0v) is 32.7. The number of fused-ring (bicyclic) bond motifs is 8. The largest absolute Gasteiger partial charge is 0.308 e. The Morgan fingerprint density at radius 1 is 0.328 bits per heavy atom. The molecule has 8 aromatic carbocycles. The van der Waals surface area contributed by atoms with E-state index in [1.54, 1.807) is 0 Å². The molecule has 0 N–H and O–H groups in total. The van der Waals surface area contributed by atoms with Crippen molar-refractivity contribution in [3.8, 4) is 51.2 Å². The summed E-state index contributed by atoms with van der Waals surface area (Å²) in [4.78, 5) is 30.2. The second-order valence-corrected chi connectivity index (χ2v) is 15.2. The van der Waals surface area contributed by atoms with Gasteiger partial charge in [-0.2, -0.15) is 9.97 Å². The summed E-state index contributed by atoms with van der Waals surface area (Å²) in [5, 5.41) is 4.73. The minimum absolute atomic E-state index is 0.0580. The highest BCUT2D eigenvalue weighted by Gasteiger charge is 2.23. The maximum atomic E-state index is 15.1. The molecule has 0 radical (unpaired) electrons. The summed E-state index contributed by atoms with van der Waals surface area (Å²) in [5.74, 6) is 1.76. The van der Waals surface area contributed by atoms with Crippen LogP contribution in [0, 0.1) is 0 Å². The van der Waals surface area contributed by atoms with Gasteiger partial charge in [0, 0.05) is 44.0 Å². The van der Waals surface area contributed by atoms with Crippen molar-refractivity contribution in [3.63, 3.8) is 0 Å². The minimum Gasteiger partial charge on any atom is -0.308 e. The lowest BCUT2D eigenvalue weighted by Crippen LogP contribution is -2.19. The molecule has 7 heteroatoms. The zero-order valence-electron chi connectivity index (χ0n) is 32.7. The van der Waals surface area contributed by atoms with Crippen LogP contribution in [0.15, 0.2) is 211 Å². The molecule has 4 aromatic heterocycles. The number of rotatable bonds is 6. The smallest absolute Gasteiger partial charge is 0.265 e. The second-order valence-electron chi connectivity index (χ2n) is 15.2. The number of hydrogen-bond acceptors (Lipinski definition) is 4. The topological polar surface area (TPSA) is 70.5 Å². The van der Waals surface area contributed by atoms with E-state index < -0.39 is 0 Å². The van der Waals surface area contributed by atoms with Gasteiger partial charge in [0.2, 0.25) is 5.95 Å². The first-order valence-electron chi connectivity index (χ1n) is 20.3.